The van der Waals surface area contributed by atoms with Crippen LogP contribution >= 0.6 is 0 Å². The second-order valence-electron chi connectivity index (χ2n) is 7.01. The van der Waals surface area contributed by atoms with E-state index in [-0.39, 0.29) is 0 Å². The lowest BCUT2D eigenvalue weighted by Gasteiger charge is -2.25. The van der Waals surface area contributed by atoms with Gasteiger partial charge in [0, 0.05) is 23.6 Å². The Kier molecular flexibility index (Phi) is 3.94. The van der Waals surface area contributed by atoms with Gasteiger partial charge in [-0.05, 0) is 49.5 Å². The number of piperidine rings is 1. The number of anilines is 2. The summed E-state index contributed by atoms with van der Waals surface area (Å²) in [6.07, 6.45) is 5.25. The van der Waals surface area contributed by atoms with E-state index in [4.69, 9.17) is 4.74 Å². The molecule has 2 N–H and O–H groups in total. The zero-order valence-corrected chi connectivity index (χ0v) is 14.7. The maximum Gasteiger partial charge on any atom is 0.227 e. The first-order chi connectivity index (χ1) is 12.9. The van der Waals surface area contributed by atoms with E-state index in [1.54, 1.807) is 0 Å². The number of aromatic nitrogens is 2. The van der Waals surface area contributed by atoms with Crippen molar-refractivity contribution < 1.29 is 4.74 Å². The summed E-state index contributed by atoms with van der Waals surface area (Å²) in [5.74, 6) is 2.23. The lowest BCUT2D eigenvalue weighted by atomic mass is 9.86. The van der Waals surface area contributed by atoms with Gasteiger partial charge in [0.05, 0.1) is 17.8 Å². The van der Waals surface area contributed by atoms with Gasteiger partial charge in [0.25, 0.3) is 0 Å². The summed E-state index contributed by atoms with van der Waals surface area (Å²) >= 11 is 0. The molecule has 0 spiro atoms. The quantitative estimate of drug-likeness (QED) is 0.756. The van der Waals surface area contributed by atoms with Crippen LogP contribution < -0.4 is 15.4 Å². The zero-order chi connectivity index (χ0) is 17.3. The van der Waals surface area contributed by atoms with Crippen LogP contribution in [0.15, 0.2) is 42.6 Å². The molecule has 1 fully saturated rings. The van der Waals surface area contributed by atoms with Crippen LogP contribution in [0, 0.1) is 0 Å². The molecule has 5 heteroatoms. The summed E-state index contributed by atoms with van der Waals surface area (Å²) in [5.41, 5.74) is 4.73. The van der Waals surface area contributed by atoms with Crippen LogP contribution in [0.5, 0.6) is 5.75 Å². The third kappa shape index (κ3) is 2.78. The van der Waals surface area contributed by atoms with E-state index in [1.807, 2.05) is 30.5 Å². The van der Waals surface area contributed by atoms with Crippen molar-refractivity contribution in [2.45, 2.75) is 25.2 Å². The molecule has 1 saturated heterocycles. The fourth-order valence-electron chi connectivity index (χ4n) is 4.09. The van der Waals surface area contributed by atoms with Crippen molar-refractivity contribution >= 4 is 22.5 Å². The molecule has 0 saturated carbocycles. The molecule has 132 valence electrons. The molecule has 0 atom stereocenters. The summed E-state index contributed by atoms with van der Waals surface area (Å²) in [6.45, 7) is 2.96. The molecule has 0 aliphatic carbocycles. The van der Waals surface area contributed by atoms with E-state index in [1.165, 1.54) is 24.0 Å². The normalized spacial score (nSPS) is 17.1. The average Bonchev–Trinajstić information content (AvgIpc) is 3.19. The van der Waals surface area contributed by atoms with Gasteiger partial charge in [-0.3, -0.25) is 0 Å². The topological polar surface area (TPSA) is 59.1 Å². The van der Waals surface area contributed by atoms with Crippen LogP contribution in [0.4, 0.5) is 11.6 Å². The van der Waals surface area contributed by atoms with Crippen molar-refractivity contribution in [2.75, 3.05) is 25.0 Å². The minimum absolute atomic E-state index is 0.607. The summed E-state index contributed by atoms with van der Waals surface area (Å²) < 4.78 is 5.99. The highest BCUT2D eigenvalue weighted by Crippen LogP contribution is 2.41. The van der Waals surface area contributed by atoms with Gasteiger partial charge in [-0.15, -0.1) is 0 Å². The monoisotopic (exact) mass is 346 g/mol. The maximum absolute atomic E-state index is 5.99. The average molecular weight is 346 g/mol. The molecule has 1 aromatic heterocycles. The van der Waals surface area contributed by atoms with Crippen molar-refractivity contribution in [1.29, 1.82) is 0 Å². The molecule has 0 amide bonds. The fraction of sp³-hybridized carbons (Fsp3) is 0.333. The summed E-state index contributed by atoms with van der Waals surface area (Å²) in [4.78, 5) is 9.08. The Balaban J connectivity index is 1.48. The summed E-state index contributed by atoms with van der Waals surface area (Å²) in [5, 5.41) is 7.86. The van der Waals surface area contributed by atoms with E-state index in [2.05, 4.69) is 32.7 Å². The number of hydrogen-bond acceptors (Lipinski definition) is 5. The highest BCUT2D eigenvalue weighted by Gasteiger charge is 2.25. The van der Waals surface area contributed by atoms with Gasteiger partial charge < -0.3 is 15.4 Å². The zero-order valence-electron chi connectivity index (χ0n) is 14.7. The smallest absolute Gasteiger partial charge is 0.227 e. The highest BCUT2D eigenvalue weighted by molar-refractivity contribution is 5.79. The van der Waals surface area contributed by atoms with Gasteiger partial charge in [0.15, 0.2) is 0 Å². The Hall–Kier alpha value is -2.66. The Morgan fingerprint density at radius 3 is 2.88 bits per heavy atom. The number of nitrogens with one attached hydrogen (secondary N) is 2. The third-order valence-electron chi connectivity index (χ3n) is 5.41. The number of para-hydroxylation sites is 1. The van der Waals surface area contributed by atoms with Gasteiger partial charge >= 0.3 is 0 Å². The summed E-state index contributed by atoms with van der Waals surface area (Å²) in [7, 11) is 0. The summed E-state index contributed by atoms with van der Waals surface area (Å²) in [6, 6.07) is 12.4. The molecule has 2 aromatic carbocycles. The van der Waals surface area contributed by atoms with Gasteiger partial charge in [-0.1, -0.05) is 24.3 Å². The van der Waals surface area contributed by atoms with Crippen molar-refractivity contribution in [3.8, 4) is 5.75 Å². The predicted molar refractivity (Wildman–Crippen MR) is 103 cm³/mol. The first-order valence-corrected chi connectivity index (χ1v) is 9.36. The van der Waals surface area contributed by atoms with Crippen LogP contribution in [0.25, 0.3) is 10.9 Å². The minimum atomic E-state index is 0.607. The van der Waals surface area contributed by atoms with Gasteiger partial charge in [-0.2, -0.15) is 0 Å². The van der Waals surface area contributed by atoms with E-state index in [0.29, 0.717) is 11.9 Å². The number of rotatable bonds is 3. The lowest BCUT2D eigenvalue weighted by molar-refractivity contribution is 0.358. The van der Waals surface area contributed by atoms with Crippen molar-refractivity contribution in [1.82, 2.24) is 15.3 Å². The molecule has 5 rings (SSSR count). The second kappa shape index (κ2) is 6.57. The third-order valence-corrected chi connectivity index (χ3v) is 5.41. The molecular weight excluding hydrogens is 324 g/mol. The second-order valence-corrected chi connectivity index (χ2v) is 7.01. The molecule has 0 bridgehead atoms. The number of ether oxygens (including phenoxy) is 1. The van der Waals surface area contributed by atoms with Crippen LogP contribution in [0.1, 0.15) is 29.9 Å². The molecule has 0 unspecified atom stereocenters. The predicted octanol–water partition coefficient (Wildman–Crippen LogP) is 3.78. The van der Waals surface area contributed by atoms with E-state index in [9.17, 15) is 0 Å². The van der Waals surface area contributed by atoms with Crippen molar-refractivity contribution in [3.63, 3.8) is 0 Å². The standard InChI is InChI=1S/C21H22N4O/c1-2-4-18-15(3-1)13-23-21(24-18)25-19-6-5-16(14-7-10-22-11-8-14)17-9-12-26-20(17)19/h1-6,13-14,22H,7-12H2,(H,23,24,25). The first kappa shape index (κ1) is 15.6. The number of fused-ring (bicyclic) bond motifs is 2. The van der Waals surface area contributed by atoms with Crippen LogP contribution in [-0.4, -0.2) is 29.7 Å². The first-order valence-electron chi connectivity index (χ1n) is 9.36. The Morgan fingerprint density at radius 2 is 1.96 bits per heavy atom. The molecule has 26 heavy (non-hydrogen) atoms. The maximum atomic E-state index is 5.99. The molecule has 3 aromatic rings. The molecule has 2 aliphatic rings. The number of hydrogen-bond donors (Lipinski definition) is 2. The highest BCUT2D eigenvalue weighted by atomic mass is 16.5. The SMILES string of the molecule is c1ccc2nc(Nc3ccc(C4CCNCC4)c4c3OCC4)ncc2c1. The fourth-order valence-corrected chi connectivity index (χ4v) is 4.09. The minimum Gasteiger partial charge on any atom is -0.491 e. The molecule has 5 nitrogen and oxygen atoms in total. The van der Waals surface area contributed by atoms with Crippen LogP contribution in [0.2, 0.25) is 0 Å². The Morgan fingerprint density at radius 1 is 1.08 bits per heavy atom. The molecule has 3 heterocycles. The van der Waals surface area contributed by atoms with Crippen molar-refractivity contribution in [2.24, 2.45) is 0 Å². The lowest BCUT2D eigenvalue weighted by Crippen LogP contribution is -2.27. The number of nitrogens with zero attached hydrogens (tertiary/aromatic N) is 2. The van der Waals surface area contributed by atoms with Crippen LogP contribution in [-0.2, 0) is 6.42 Å². The number of benzene rings is 2. The Labute approximate surface area is 152 Å². The van der Waals surface area contributed by atoms with E-state index >= 15 is 0 Å². The van der Waals surface area contributed by atoms with E-state index < -0.39 is 0 Å². The van der Waals surface area contributed by atoms with Crippen molar-refractivity contribution in [3.05, 3.63) is 53.7 Å². The largest absolute Gasteiger partial charge is 0.491 e. The van der Waals surface area contributed by atoms with Gasteiger partial charge in [-0.25, -0.2) is 9.97 Å². The van der Waals surface area contributed by atoms with Gasteiger partial charge in [0.1, 0.15) is 5.75 Å². The molecular formula is C21H22N4O. The van der Waals surface area contributed by atoms with E-state index in [0.717, 1.165) is 48.5 Å². The molecule has 2 aliphatic heterocycles. The molecule has 0 radical (unpaired) electrons. The van der Waals surface area contributed by atoms with Crippen LogP contribution in [0.3, 0.4) is 0 Å². The Bertz CT molecular complexity index is 950. The van der Waals surface area contributed by atoms with Gasteiger partial charge in [0.2, 0.25) is 5.95 Å².